The summed E-state index contributed by atoms with van der Waals surface area (Å²) in [5.41, 5.74) is 2.26. The average Bonchev–Trinajstić information content (AvgIpc) is 2.61. The van der Waals surface area contributed by atoms with E-state index in [1.165, 1.54) is 5.56 Å². The number of aromatic nitrogens is 1. The van der Waals surface area contributed by atoms with Gasteiger partial charge < -0.3 is 10.1 Å². The van der Waals surface area contributed by atoms with Crippen LogP contribution in [0.5, 0.6) is 0 Å². The van der Waals surface area contributed by atoms with Crippen molar-refractivity contribution in [1.82, 2.24) is 4.98 Å². The van der Waals surface area contributed by atoms with E-state index in [9.17, 15) is 4.79 Å². The van der Waals surface area contributed by atoms with Crippen LogP contribution >= 0.6 is 12.6 Å². The number of thiol groups is 1. The SMILES string of the molecule is O=C(O)c1cc2cc(CCS)ccc2[nH]1. The van der Waals surface area contributed by atoms with E-state index in [-0.39, 0.29) is 5.69 Å². The predicted octanol–water partition coefficient (Wildman–Crippen LogP) is 2.34. The average molecular weight is 221 g/mol. The summed E-state index contributed by atoms with van der Waals surface area (Å²) in [7, 11) is 0. The van der Waals surface area contributed by atoms with E-state index in [1.54, 1.807) is 6.07 Å². The van der Waals surface area contributed by atoms with Gasteiger partial charge in [0, 0.05) is 10.9 Å². The second-order valence-electron chi connectivity index (χ2n) is 3.38. The standard InChI is InChI=1S/C11H11NO2S/c13-11(14)10-6-8-5-7(3-4-15)1-2-9(8)12-10/h1-2,5-6,12,15H,3-4H2,(H,13,14). The van der Waals surface area contributed by atoms with Crippen molar-refractivity contribution < 1.29 is 9.90 Å². The van der Waals surface area contributed by atoms with Gasteiger partial charge in [0.05, 0.1) is 0 Å². The molecule has 2 N–H and O–H groups in total. The zero-order valence-corrected chi connectivity index (χ0v) is 8.92. The number of H-pyrrole nitrogens is 1. The Morgan fingerprint density at radius 3 is 2.87 bits per heavy atom. The molecule has 4 heteroatoms. The lowest BCUT2D eigenvalue weighted by atomic mass is 10.1. The molecule has 1 aromatic carbocycles. The van der Waals surface area contributed by atoms with E-state index in [0.717, 1.165) is 23.1 Å². The molecule has 0 bridgehead atoms. The molecule has 15 heavy (non-hydrogen) atoms. The molecule has 0 saturated carbocycles. The lowest BCUT2D eigenvalue weighted by Gasteiger charge is -1.97. The molecule has 0 saturated heterocycles. The first-order valence-electron chi connectivity index (χ1n) is 4.66. The van der Waals surface area contributed by atoms with Crippen molar-refractivity contribution in [2.75, 3.05) is 5.75 Å². The van der Waals surface area contributed by atoms with Crippen molar-refractivity contribution in [2.24, 2.45) is 0 Å². The number of hydrogen-bond donors (Lipinski definition) is 3. The minimum Gasteiger partial charge on any atom is -0.477 e. The molecule has 2 aromatic rings. The molecular formula is C11H11NO2S. The largest absolute Gasteiger partial charge is 0.477 e. The summed E-state index contributed by atoms with van der Waals surface area (Å²) >= 11 is 4.16. The molecule has 3 nitrogen and oxygen atoms in total. The summed E-state index contributed by atoms with van der Waals surface area (Å²) in [5.74, 6) is -0.135. The number of fused-ring (bicyclic) bond motifs is 1. The Hall–Kier alpha value is -1.42. The van der Waals surface area contributed by atoms with Crippen LogP contribution in [0.15, 0.2) is 24.3 Å². The smallest absolute Gasteiger partial charge is 0.352 e. The lowest BCUT2D eigenvalue weighted by molar-refractivity contribution is 0.0691. The van der Waals surface area contributed by atoms with Crippen LogP contribution in [0, 0.1) is 0 Å². The van der Waals surface area contributed by atoms with Crippen LogP contribution < -0.4 is 0 Å². The molecule has 0 unspecified atom stereocenters. The number of carbonyl (C=O) groups is 1. The van der Waals surface area contributed by atoms with Gasteiger partial charge in [-0.2, -0.15) is 12.6 Å². The van der Waals surface area contributed by atoms with Gasteiger partial charge in [-0.05, 0) is 35.9 Å². The zero-order valence-electron chi connectivity index (χ0n) is 8.03. The van der Waals surface area contributed by atoms with Crippen LogP contribution in [-0.2, 0) is 6.42 Å². The van der Waals surface area contributed by atoms with Crippen LogP contribution in [0.3, 0.4) is 0 Å². The van der Waals surface area contributed by atoms with Crippen molar-refractivity contribution in [3.63, 3.8) is 0 Å². The third-order valence-corrected chi connectivity index (χ3v) is 2.54. The van der Waals surface area contributed by atoms with Crippen LogP contribution in [-0.4, -0.2) is 21.8 Å². The summed E-state index contributed by atoms with van der Waals surface area (Å²) in [5, 5.41) is 9.75. The molecule has 0 radical (unpaired) electrons. The van der Waals surface area contributed by atoms with E-state index in [2.05, 4.69) is 17.6 Å². The summed E-state index contributed by atoms with van der Waals surface area (Å²) in [6.45, 7) is 0. The van der Waals surface area contributed by atoms with Gasteiger partial charge in [0.1, 0.15) is 5.69 Å². The maximum absolute atomic E-state index is 10.7. The third kappa shape index (κ3) is 1.99. The van der Waals surface area contributed by atoms with Crippen LogP contribution in [0.25, 0.3) is 10.9 Å². The number of aryl methyl sites for hydroxylation is 1. The minimum atomic E-state index is -0.929. The van der Waals surface area contributed by atoms with E-state index in [1.807, 2.05) is 18.2 Å². The maximum Gasteiger partial charge on any atom is 0.352 e. The molecule has 0 aliphatic heterocycles. The first-order chi connectivity index (χ1) is 7.20. The number of nitrogens with one attached hydrogen (secondary N) is 1. The minimum absolute atomic E-state index is 0.230. The Bertz CT molecular complexity index is 504. The van der Waals surface area contributed by atoms with Crippen molar-refractivity contribution >= 4 is 29.5 Å². The highest BCUT2D eigenvalue weighted by Crippen LogP contribution is 2.17. The van der Waals surface area contributed by atoms with Gasteiger partial charge in [0.15, 0.2) is 0 Å². The quantitative estimate of drug-likeness (QED) is 0.697. The normalized spacial score (nSPS) is 10.7. The molecule has 0 spiro atoms. The molecule has 0 aliphatic carbocycles. The number of rotatable bonds is 3. The van der Waals surface area contributed by atoms with Gasteiger partial charge in [-0.15, -0.1) is 0 Å². The molecule has 0 fully saturated rings. The van der Waals surface area contributed by atoms with E-state index < -0.39 is 5.97 Å². The summed E-state index contributed by atoms with van der Waals surface area (Å²) in [4.78, 5) is 13.6. The van der Waals surface area contributed by atoms with Gasteiger partial charge in [-0.25, -0.2) is 4.79 Å². The van der Waals surface area contributed by atoms with Crippen molar-refractivity contribution in [1.29, 1.82) is 0 Å². The first kappa shape index (κ1) is 10.1. The zero-order chi connectivity index (χ0) is 10.8. The van der Waals surface area contributed by atoms with E-state index in [4.69, 9.17) is 5.11 Å². The fourth-order valence-corrected chi connectivity index (χ4v) is 1.84. The second kappa shape index (κ2) is 3.98. The Labute approximate surface area is 92.5 Å². The van der Waals surface area contributed by atoms with Crippen LogP contribution in [0.4, 0.5) is 0 Å². The van der Waals surface area contributed by atoms with Gasteiger partial charge >= 0.3 is 5.97 Å². The van der Waals surface area contributed by atoms with Gasteiger partial charge in [0.2, 0.25) is 0 Å². The Morgan fingerprint density at radius 2 is 2.20 bits per heavy atom. The summed E-state index contributed by atoms with van der Waals surface area (Å²) < 4.78 is 0. The predicted molar refractivity (Wildman–Crippen MR) is 62.8 cm³/mol. The van der Waals surface area contributed by atoms with Gasteiger partial charge in [-0.3, -0.25) is 0 Å². The first-order valence-corrected chi connectivity index (χ1v) is 5.30. The lowest BCUT2D eigenvalue weighted by Crippen LogP contribution is -1.94. The van der Waals surface area contributed by atoms with Crippen LogP contribution in [0.2, 0.25) is 0 Å². The maximum atomic E-state index is 10.7. The Balaban J connectivity index is 2.47. The molecule has 0 atom stereocenters. The number of carboxylic acid groups (broad SMARTS) is 1. The highest BCUT2D eigenvalue weighted by molar-refractivity contribution is 7.80. The molecular weight excluding hydrogens is 210 g/mol. The monoisotopic (exact) mass is 221 g/mol. The fourth-order valence-electron chi connectivity index (χ4n) is 1.58. The number of hydrogen-bond acceptors (Lipinski definition) is 2. The fraction of sp³-hybridized carbons (Fsp3) is 0.182. The molecule has 0 aliphatic rings. The van der Waals surface area contributed by atoms with Gasteiger partial charge in [0.25, 0.3) is 0 Å². The Morgan fingerprint density at radius 1 is 1.40 bits per heavy atom. The molecule has 78 valence electrons. The third-order valence-electron chi connectivity index (χ3n) is 2.32. The van der Waals surface area contributed by atoms with E-state index >= 15 is 0 Å². The van der Waals surface area contributed by atoms with Gasteiger partial charge in [-0.1, -0.05) is 6.07 Å². The second-order valence-corrected chi connectivity index (χ2v) is 3.83. The molecule has 1 aromatic heterocycles. The molecule has 2 rings (SSSR count). The highest BCUT2D eigenvalue weighted by Gasteiger charge is 2.07. The molecule has 0 amide bonds. The van der Waals surface area contributed by atoms with E-state index in [0.29, 0.717) is 0 Å². The number of carboxylic acids is 1. The van der Waals surface area contributed by atoms with Crippen molar-refractivity contribution in [3.05, 3.63) is 35.5 Å². The number of aromatic carboxylic acids is 1. The van der Waals surface area contributed by atoms with Crippen molar-refractivity contribution in [3.8, 4) is 0 Å². The van der Waals surface area contributed by atoms with Crippen LogP contribution in [0.1, 0.15) is 16.1 Å². The summed E-state index contributed by atoms with van der Waals surface area (Å²) in [6, 6.07) is 7.54. The molecule has 1 heterocycles. The highest BCUT2D eigenvalue weighted by atomic mass is 32.1. The topological polar surface area (TPSA) is 53.1 Å². The number of benzene rings is 1. The Kier molecular flexibility index (Phi) is 2.68. The summed E-state index contributed by atoms with van der Waals surface area (Å²) in [6.07, 6.45) is 0.895. The number of aromatic amines is 1. The van der Waals surface area contributed by atoms with Crippen molar-refractivity contribution in [2.45, 2.75) is 6.42 Å².